The van der Waals surface area contributed by atoms with Crippen LogP contribution in [0.5, 0.6) is 0 Å². The fraction of sp³-hybridized carbons (Fsp3) is 0.0625. The molecule has 1 heterocycles. The highest BCUT2D eigenvalue weighted by atomic mass is 35.5. The summed E-state index contributed by atoms with van der Waals surface area (Å²) in [5.41, 5.74) is 1.60. The zero-order valence-corrected chi connectivity index (χ0v) is 14.4. The van der Waals surface area contributed by atoms with Crippen LogP contribution in [0.25, 0.3) is 10.9 Å². The average Bonchev–Trinajstić information content (AvgIpc) is 2.51. The topological polar surface area (TPSA) is 59.1 Å². The quantitative estimate of drug-likeness (QED) is 0.733. The number of aryl methyl sites for hydroxylation is 1. The van der Waals surface area contributed by atoms with Gasteiger partial charge < -0.3 is 0 Å². The Balaban J connectivity index is 2.09. The molecule has 4 nitrogen and oxygen atoms in total. The lowest BCUT2D eigenvalue weighted by atomic mass is 10.2. The number of sulfonamides is 1. The first-order valence-corrected chi connectivity index (χ1v) is 8.94. The second-order valence-electron chi connectivity index (χ2n) is 5.02. The van der Waals surface area contributed by atoms with E-state index in [-0.39, 0.29) is 9.92 Å². The molecule has 2 aromatic carbocycles. The summed E-state index contributed by atoms with van der Waals surface area (Å²) in [5.74, 6) is 0. The first-order valence-electron chi connectivity index (χ1n) is 6.71. The number of anilines is 1. The Hall–Kier alpha value is -1.82. The molecule has 1 aromatic heterocycles. The van der Waals surface area contributed by atoms with Crippen molar-refractivity contribution in [1.29, 1.82) is 0 Å². The van der Waals surface area contributed by atoms with Crippen molar-refractivity contribution in [1.82, 2.24) is 4.98 Å². The number of hydrogen-bond acceptors (Lipinski definition) is 3. The molecular formula is C16H12Cl2N2O2S. The molecule has 0 unspecified atom stereocenters. The van der Waals surface area contributed by atoms with Gasteiger partial charge in [0.2, 0.25) is 0 Å². The third kappa shape index (κ3) is 3.13. The minimum atomic E-state index is -3.86. The van der Waals surface area contributed by atoms with Gasteiger partial charge in [-0.25, -0.2) is 8.42 Å². The van der Waals surface area contributed by atoms with Crippen LogP contribution in [-0.2, 0) is 10.0 Å². The van der Waals surface area contributed by atoms with E-state index in [1.54, 1.807) is 31.3 Å². The SMILES string of the molecule is Cc1cc(S(=O)(=O)Nc2cccc3cccnc23)c(Cl)cc1Cl. The number of pyridine rings is 1. The molecule has 23 heavy (non-hydrogen) atoms. The Labute approximate surface area is 144 Å². The molecule has 3 aromatic rings. The zero-order valence-electron chi connectivity index (χ0n) is 12.0. The third-order valence-corrected chi connectivity index (χ3v) is 5.62. The zero-order chi connectivity index (χ0) is 16.6. The molecule has 0 saturated carbocycles. The number of rotatable bonds is 3. The average molecular weight is 367 g/mol. The van der Waals surface area contributed by atoms with Crippen molar-refractivity contribution in [3.05, 3.63) is 64.3 Å². The molecule has 0 amide bonds. The smallest absolute Gasteiger partial charge is 0.263 e. The molecule has 0 saturated heterocycles. The van der Waals surface area contributed by atoms with Crippen LogP contribution in [-0.4, -0.2) is 13.4 Å². The van der Waals surface area contributed by atoms with Crippen molar-refractivity contribution in [2.75, 3.05) is 4.72 Å². The Morgan fingerprint density at radius 1 is 1.04 bits per heavy atom. The van der Waals surface area contributed by atoms with Gasteiger partial charge in [-0.1, -0.05) is 41.4 Å². The number of halogens is 2. The maximum atomic E-state index is 12.7. The fourth-order valence-corrected chi connectivity index (χ4v) is 4.12. The lowest BCUT2D eigenvalue weighted by Crippen LogP contribution is -2.14. The number of nitrogens with zero attached hydrogens (tertiary/aromatic N) is 1. The number of benzene rings is 2. The van der Waals surface area contributed by atoms with Gasteiger partial charge in [0.15, 0.2) is 0 Å². The highest BCUT2D eigenvalue weighted by Gasteiger charge is 2.20. The van der Waals surface area contributed by atoms with E-state index in [0.29, 0.717) is 21.8 Å². The molecule has 0 spiro atoms. The van der Waals surface area contributed by atoms with Crippen LogP contribution in [0.3, 0.4) is 0 Å². The molecule has 0 bridgehead atoms. The minimum absolute atomic E-state index is 0.0194. The highest BCUT2D eigenvalue weighted by molar-refractivity contribution is 7.92. The first kappa shape index (κ1) is 16.1. The number of aromatic nitrogens is 1. The van der Waals surface area contributed by atoms with Crippen molar-refractivity contribution >= 4 is 49.8 Å². The van der Waals surface area contributed by atoms with E-state index in [1.165, 1.54) is 12.1 Å². The Kier molecular flexibility index (Phi) is 4.19. The van der Waals surface area contributed by atoms with Gasteiger partial charge in [0.1, 0.15) is 4.90 Å². The number of nitrogens with one attached hydrogen (secondary N) is 1. The Morgan fingerprint density at radius 3 is 2.57 bits per heavy atom. The van der Waals surface area contributed by atoms with Gasteiger partial charge in [-0.15, -0.1) is 0 Å². The first-order chi connectivity index (χ1) is 10.9. The van der Waals surface area contributed by atoms with Crippen LogP contribution >= 0.6 is 23.2 Å². The predicted octanol–water partition coefficient (Wildman–Crippen LogP) is 4.65. The molecule has 3 rings (SSSR count). The summed E-state index contributed by atoms with van der Waals surface area (Å²) in [6.45, 7) is 1.72. The van der Waals surface area contributed by atoms with Crippen molar-refractivity contribution < 1.29 is 8.42 Å². The van der Waals surface area contributed by atoms with Gasteiger partial charge in [-0.05, 0) is 36.8 Å². The van der Waals surface area contributed by atoms with Gasteiger partial charge in [-0.2, -0.15) is 0 Å². The minimum Gasteiger partial charge on any atom is -0.277 e. The molecule has 118 valence electrons. The Morgan fingerprint density at radius 2 is 1.78 bits per heavy atom. The number of fused-ring (bicyclic) bond motifs is 1. The van der Waals surface area contributed by atoms with Crippen LogP contribution in [0.4, 0.5) is 5.69 Å². The van der Waals surface area contributed by atoms with Crippen LogP contribution < -0.4 is 4.72 Å². The van der Waals surface area contributed by atoms with Crippen LogP contribution in [0, 0.1) is 6.92 Å². The van der Waals surface area contributed by atoms with Crippen molar-refractivity contribution in [3.63, 3.8) is 0 Å². The summed E-state index contributed by atoms with van der Waals surface area (Å²) in [5, 5.41) is 1.33. The summed E-state index contributed by atoms with van der Waals surface area (Å²) >= 11 is 12.0. The van der Waals surface area contributed by atoms with Crippen LogP contribution in [0.2, 0.25) is 10.0 Å². The van der Waals surface area contributed by atoms with Crippen LogP contribution in [0.15, 0.2) is 53.6 Å². The standard InChI is InChI=1S/C16H12Cl2N2O2S/c1-10-8-15(13(18)9-12(10)17)23(21,22)20-14-6-2-4-11-5-3-7-19-16(11)14/h2-9,20H,1H3. The van der Waals surface area contributed by atoms with Gasteiger partial charge in [0, 0.05) is 16.6 Å². The monoisotopic (exact) mass is 366 g/mol. The third-order valence-electron chi connectivity index (χ3n) is 3.38. The van der Waals surface area contributed by atoms with Gasteiger partial charge in [0.05, 0.1) is 16.2 Å². The lowest BCUT2D eigenvalue weighted by molar-refractivity contribution is 0.601. The molecule has 0 radical (unpaired) electrons. The van der Waals surface area contributed by atoms with E-state index in [9.17, 15) is 8.42 Å². The molecule has 7 heteroatoms. The van der Waals surface area contributed by atoms with E-state index < -0.39 is 10.0 Å². The van der Waals surface area contributed by atoms with Gasteiger partial charge >= 0.3 is 0 Å². The van der Waals surface area contributed by atoms with Crippen molar-refractivity contribution in [2.24, 2.45) is 0 Å². The fourth-order valence-electron chi connectivity index (χ4n) is 2.22. The van der Waals surface area contributed by atoms with Crippen LogP contribution in [0.1, 0.15) is 5.56 Å². The lowest BCUT2D eigenvalue weighted by Gasteiger charge is -2.12. The molecule has 0 aliphatic rings. The van der Waals surface area contributed by atoms with Crippen molar-refractivity contribution in [3.8, 4) is 0 Å². The van der Waals surface area contributed by atoms with E-state index in [2.05, 4.69) is 9.71 Å². The molecule has 0 aliphatic heterocycles. The summed E-state index contributed by atoms with van der Waals surface area (Å²) in [6.07, 6.45) is 1.61. The summed E-state index contributed by atoms with van der Waals surface area (Å²) in [7, 11) is -3.86. The van der Waals surface area contributed by atoms with E-state index in [1.807, 2.05) is 12.1 Å². The molecule has 0 fully saturated rings. The van der Waals surface area contributed by atoms with Gasteiger partial charge in [0.25, 0.3) is 10.0 Å². The Bertz CT molecular complexity index is 999. The summed E-state index contributed by atoms with van der Waals surface area (Å²) < 4.78 is 27.9. The second kappa shape index (κ2) is 6.00. The molecule has 0 atom stereocenters. The molecule has 1 N–H and O–H groups in total. The maximum absolute atomic E-state index is 12.7. The van der Waals surface area contributed by atoms with E-state index >= 15 is 0 Å². The summed E-state index contributed by atoms with van der Waals surface area (Å²) in [6, 6.07) is 11.8. The number of hydrogen-bond donors (Lipinski definition) is 1. The summed E-state index contributed by atoms with van der Waals surface area (Å²) in [4.78, 5) is 4.21. The molecular weight excluding hydrogens is 355 g/mol. The largest absolute Gasteiger partial charge is 0.277 e. The van der Waals surface area contributed by atoms with E-state index in [0.717, 1.165) is 5.39 Å². The second-order valence-corrected chi connectivity index (χ2v) is 7.48. The van der Waals surface area contributed by atoms with E-state index in [4.69, 9.17) is 23.2 Å². The van der Waals surface area contributed by atoms with Crippen molar-refractivity contribution in [2.45, 2.75) is 11.8 Å². The maximum Gasteiger partial charge on any atom is 0.263 e. The predicted molar refractivity (Wildman–Crippen MR) is 93.8 cm³/mol. The van der Waals surface area contributed by atoms with Gasteiger partial charge in [-0.3, -0.25) is 9.71 Å². The number of para-hydroxylation sites is 1. The normalized spacial score (nSPS) is 11.6. The molecule has 0 aliphatic carbocycles. The highest BCUT2D eigenvalue weighted by Crippen LogP contribution is 2.30.